The summed E-state index contributed by atoms with van der Waals surface area (Å²) in [5.41, 5.74) is 2.13. The molecule has 148 valence electrons. The highest BCUT2D eigenvalue weighted by atomic mass is 32.2. The first-order valence-corrected chi connectivity index (χ1v) is 11.1. The molecule has 0 saturated carbocycles. The van der Waals surface area contributed by atoms with Crippen LogP contribution in [-0.2, 0) is 11.3 Å². The lowest BCUT2D eigenvalue weighted by Gasteiger charge is -2.35. The van der Waals surface area contributed by atoms with Crippen LogP contribution in [0.25, 0.3) is 11.0 Å². The van der Waals surface area contributed by atoms with E-state index >= 15 is 0 Å². The number of hydrogen-bond donors (Lipinski definition) is 1. The summed E-state index contributed by atoms with van der Waals surface area (Å²) in [6.45, 7) is 7.66. The number of rotatable bonds is 7. The number of thioether (sulfide) groups is 1. The molecule has 0 aliphatic carbocycles. The molecule has 6 nitrogen and oxygen atoms in total. The summed E-state index contributed by atoms with van der Waals surface area (Å²) in [7, 11) is 0. The summed E-state index contributed by atoms with van der Waals surface area (Å²) in [5.74, 6) is 0.498. The number of piperidine rings is 1. The highest BCUT2D eigenvalue weighted by Crippen LogP contribution is 2.23. The summed E-state index contributed by atoms with van der Waals surface area (Å²) in [6.07, 6.45) is 6.31. The van der Waals surface area contributed by atoms with Gasteiger partial charge in [0.2, 0.25) is 5.91 Å². The van der Waals surface area contributed by atoms with Crippen molar-refractivity contribution >= 4 is 28.7 Å². The molecule has 7 heteroatoms. The minimum Gasteiger partial charge on any atom is -0.353 e. The Hall–Kier alpha value is -1.76. The number of aromatic amines is 1. The highest BCUT2D eigenvalue weighted by molar-refractivity contribution is 7.99. The second-order valence-corrected chi connectivity index (χ2v) is 8.29. The van der Waals surface area contributed by atoms with Crippen LogP contribution in [0.4, 0.5) is 0 Å². The van der Waals surface area contributed by atoms with E-state index in [0.29, 0.717) is 34.5 Å². The maximum absolute atomic E-state index is 12.9. The molecule has 1 unspecified atom stereocenters. The largest absolute Gasteiger partial charge is 0.353 e. The number of H-pyrrole nitrogens is 1. The summed E-state index contributed by atoms with van der Waals surface area (Å²) < 4.78 is 1.73. The minimum absolute atomic E-state index is 0.0408. The van der Waals surface area contributed by atoms with Crippen LogP contribution >= 0.6 is 11.8 Å². The van der Waals surface area contributed by atoms with Crippen molar-refractivity contribution < 1.29 is 4.79 Å². The average Bonchev–Trinajstić information content (AvgIpc) is 3.06. The SMILES string of the molecule is CCCCn1c(SCC(=O)N2CCCCC2CC)nc2cc(C)[nH]c2c1=O. The van der Waals surface area contributed by atoms with Gasteiger partial charge in [0.15, 0.2) is 5.16 Å². The number of fused-ring (bicyclic) bond motifs is 1. The van der Waals surface area contributed by atoms with Crippen molar-refractivity contribution in [2.45, 2.75) is 77.0 Å². The molecule has 1 atom stereocenters. The third-order valence-corrected chi connectivity index (χ3v) is 6.28. The fraction of sp³-hybridized carbons (Fsp3) is 0.650. The molecule has 0 bridgehead atoms. The Balaban J connectivity index is 1.82. The van der Waals surface area contributed by atoms with Crippen molar-refractivity contribution in [3.05, 3.63) is 22.1 Å². The van der Waals surface area contributed by atoms with Gasteiger partial charge in [-0.15, -0.1) is 0 Å². The Morgan fingerprint density at radius 2 is 2.19 bits per heavy atom. The van der Waals surface area contributed by atoms with Crippen molar-refractivity contribution in [3.63, 3.8) is 0 Å². The van der Waals surface area contributed by atoms with Crippen molar-refractivity contribution in [3.8, 4) is 0 Å². The van der Waals surface area contributed by atoms with Crippen LogP contribution in [0.2, 0.25) is 0 Å². The zero-order valence-corrected chi connectivity index (χ0v) is 17.4. The quantitative estimate of drug-likeness (QED) is 0.578. The van der Waals surface area contributed by atoms with E-state index in [4.69, 9.17) is 0 Å². The van der Waals surface area contributed by atoms with Crippen molar-refractivity contribution in [2.75, 3.05) is 12.3 Å². The fourth-order valence-corrected chi connectivity index (χ4v) is 4.71. The molecule has 0 radical (unpaired) electrons. The van der Waals surface area contributed by atoms with Gasteiger partial charge in [0.05, 0.1) is 11.3 Å². The molecule has 3 rings (SSSR count). The first kappa shape index (κ1) is 20.0. The molecule has 2 aromatic rings. The van der Waals surface area contributed by atoms with Gasteiger partial charge < -0.3 is 9.88 Å². The van der Waals surface area contributed by atoms with Crippen LogP contribution in [0.15, 0.2) is 16.0 Å². The highest BCUT2D eigenvalue weighted by Gasteiger charge is 2.25. The first-order chi connectivity index (χ1) is 13.0. The lowest BCUT2D eigenvalue weighted by molar-refractivity contribution is -0.132. The number of hydrogen-bond acceptors (Lipinski definition) is 4. The van der Waals surface area contributed by atoms with E-state index in [2.05, 4.69) is 23.8 Å². The maximum Gasteiger partial charge on any atom is 0.278 e. The molecule has 27 heavy (non-hydrogen) atoms. The standard InChI is InChI=1S/C20H30N4O2S/c1-4-6-10-24-19(26)18-16(12-14(3)21-18)22-20(24)27-13-17(25)23-11-8-7-9-15(23)5-2/h12,15,21H,4-11,13H2,1-3H3. The van der Waals surface area contributed by atoms with E-state index in [0.717, 1.165) is 44.3 Å². The second kappa shape index (κ2) is 8.95. The molecule has 1 N–H and O–H groups in total. The van der Waals surface area contributed by atoms with Crippen molar-refractivity contribution in [1.29, 1.82) is 0 Å². The summed E-state index contributed by atoms with van der Waals surface area (Å²) in [4.78, 5) is 35.5. The molecule has 0 spiro atoms. The molecule has 0 aromatic carbocycles. The van der Waals surface area contributed by atoms with E-state index in [1.165, 1.54) is 18.2 Å². The lowest BCUT2D eigenvalue weighted by Crippen LogP contribution is -2.44. The van der Waals surface area contributed by atoms with Gasteiger partial charge in [-0.3, -0.25) is 14.2 Å². The number of likely N-dealkylation sites (tertiary alicyclic amines) is 1. The second-order valence-electron chi connectivity index (χ2n) is 7.35. The Labute approximate surface area is 164 Å². The number of nitrogens with one attached hydrogen (secondary N) is 1. The van der Waals surface area contributed by atoms with E-state index in [1.807, 2.05) is 17.9 Å². The van der Waals surface area contributed by atoms with Gasteiger partial charge in [0.1, 0.15) is 5.52 Å². The first-order valence-electron chi connectivity index (χ1n) is 10.1. The number of amides is 1. The van der Waals surface area contributed by atoms with Crippen molar-refractivity contribution in [1.82, 2.24) is 19.4 Å². The summed E-state index contributed by atoms with van der Waals surface area (Å²) in [5, 5.41) is 0.651. The van der Waals surface area contributed by atoms with Crippen LogP contribution in [0.1, 0.15) is 58.1 Å². The topological polar surface area (TPSA) is 71.0 Å². The molecule has 2 aromatic heterocycles. The van der Waals surface area contributed by atoms with Crippen molar-refractivity contribution in [2.24, 2.45) is 0 Å². The van der Waals surface area contributed by atoms with Gasteiger partial charge in [0.25, 0.3) is 5.56 Å². The number of carbonyl (C=O) groups excluding carboxylic acids is 1. The lowest BCUT2D eigenvalue weighted by atomic mass is 10.0. The monoisotopic (exact) mass is 390 g/mol. The predicted octanol–water partition coefficient (Wildman–Crippen LogP) is 3.72. The Bertz CT molecular complexity index is 858. The predicted molar refractivity (Wildman–Crippen MR) is 110 cm³/mol. The van der Waals surface area contributed by atoms with E-state index < -0.39 is 0 Å². The zero-order valence-electron chi connectivity index (χ0n) is 16.6. The van der Waals surface area contributed by atoms with Gasteiger partial charge in [-0.05, 0) is 45.1 Å². The minimum atomic E-state index is -0.0408. The smallest absolute Gasteiger partial charge is 0.278 e. The van der Waals surface area contributed by atoms with Crippen LogP contribution in [-0.4, -0.2) is 43.7 Å². The van der Waals surface area contributed by atoms with E-state index in [-0.39, 0.29) is 11.5 Å². The third-order valence-electron chi connectivity index (χ3n) is 5.32. The molecule has 1 saturated heterocycles. The third kappa shape index (κ3) is 4.39. The number of aryl methyl sites for hydroxylation is 1. The van der Waals surface area contributed by atoms with Gasteiger partial charge in [-0.2, -0.15) is 0 Å². The van der Waals surface area contributed by atoms with E-state index in [1.54, 1.807) is 4.57 Å². The maximum atomic E-state index is 12.9. The summed E-state index contributed by atoms with van der Waals surface area (Å²) >= 11 is 1.40. The molecule has 1 aliphatic rings. The molecule has 3 heterocycles. The number of nitrogens with zero attached hydrogens (tertiary/aromatic N) is 3. The van der Waals surface area contributed by atoms with Gasteiger partial charge in [0, 0.05) is 24.8 Å². The number of unbranched alkanes of at least 4 members (excludes halogenated alkanes) is 1. The molecule has 1 aliphatic heterocycles. The van der Waals surface area contributed by atoms with Gasteiger partial charge >= 0.3 is 0 Å². The molecule has 1 amide bonds. The van der Waals surface area contributed by atoms with Gasteiger partial charge in [-0.25, -0.2) is 4.98 Å². The Kier molecular flexibility index (Phi) is 6.63. The fourth-order valence-electron chi connectivity index (χ4n) is 3.80. The summed E-state index contributed by atoms with van der Waals surface area (Å²) in [6, 6.07) is 2.25. The van der Waals surface area contributed by atoms with Crippen LogP contribution in [0, 0.1) is 6.92 Å². The average molecular weight is 391 g/mol. The normalized spacial score (nSPS) is 17.6. The molecule has 1 fully saturated rings. The van der Waals surface area contributed by atoms with E-state index in [9.17, 15) is 9.59 Å². The Morgan fingerprint density at radius 3 is 2.93 bits per heavy atom. The Morgan fingerprint density at radius 1 is 1.37 bits per heavy atom. The molecular weight excluding hydrogens is 360 g/mol. The molecular formula is C20H30N4O2S. The zero-order chi connectivity index (χ0) is 19.4. The van der Waals surface area contributed by atoms with Crippen LogP contribution < -0.4 is 5.56 Å². The van der Waals surface area contributed by atoms with Gasteiger partial charge in [-0.1, -0.05) is 32.0 Å². The van der Waals surface area contributed by atoms with Crippen LogP contribution in [0.3, 0.4) is 0 Å². The number of carbonyl (C=O) groups is 1. The van der Waals surface area contributed by atoms with Crippen LogP contribution in [0.5, 0.6) is 0 Å². The number of aromatic nitrogens is 3.